The van der Waals surface area contributed by atoms with E-state index in [4.69, 9.17) is 14.6 Å². The molecule has 6 nitrogen and oxygen atoms in total. The van der Waals surface area contributed by atoms with Crippen molar-refractivity contribution in [3.8, 4) is 17.0 Å². The van der Waals surface area contributed by atoms with E-state index in [1.54, 1.807) is 20.2 Å². The monoisotopic (exact) mass is 290 g/mol. The fourth-order valence-corrected chi connectivity index (χ4v) is 2.04. The van der Waals surface area contributed by atoms with Crippen LogP contribution in [0.5, 0.6) is 5.75 Å². The van der Waals surface area contributed by atoms with Crippen molar-refractivity contribution in [3.63, 3.8) is 0 Å². The van der Waals surface area contributed by atoms with Crippen LogP contribution >= 0.6 is 0 Å². The third-order valence-corrected chi connectivity index (χ3v) is 2.97. The van der Waals surface area contributed by atoms with Gasteiger partial charge in [0.2, 0.25) is 0 Å². The number of carboxylic acids is 1. The fraction of sp³-hybridized carbons (Fsp3) is 0.333. The van der Waals surface area contributed by atoms with Gasteiger partial charge in [0, 0.05) is 19.7 Å². The van der Waals surface area contributed by atoms with Gasteiger partial charge in [0.25, 0.3) is 0 Å². The SMILES string of the molecule is COCC(C)Oc1cccc(-c2cc(C(=O)O)n(C)n2)c1. The Labute approximate surface area is 122 Å². The molecule has 2 rings (SSSR count). The minimum absolute atomic E-state index is 0.0661. The number of aromatic carboxylic acids is 1. The molecule has 0 fully saturated rings. The zero-order valence-electron chi connectivity index (χ0n) is 12.2. The summed E-state index contributed by atoms with van der Waals surface area (Å²) >= 11 is 0. The van der Waals surface area contributed by atoms with Crippen LogP contribution in [0, 0.1) is 0 Å². The van der Waals surface area contributed by atoms with Crippen molar-refractivity contribution in [2.45, 2.75) is 13.0 Å². The standard InChI is InChI=1S/C15H18N2O4/c1-10(9-20-3)21-12-6-4-5-11(7-12)13-8-14(15(18)19)17(2)16-13/h4-8,10H,9H2,1-3H3,(H,18,19). The van der Waals surface area contributed by atoms with Gasteiger partial charge in [-0.15, -0.1) is 0 Å². The number of carboxylic acid groups (broad SMARTS) is 1. The van der Waals surface area contributed by atoms with Crippen LogP contribution in [0.3, 0.4) is 0 Å². The van der Waals surface area contributed by atoms with E-state index >= 15 is 0 Å². The second kappa shape index (κ2) is 6.41. The van der Waals surface area contributed by atoms with Gasteiger partial charge in [-0.1, -0.05) is 12.1 Å². The molecule has 2 aromatic rings. The summed E-state index contributed by atoms with van der Waals surface area (Å²) < 4.78 is 12.1. The lowest BCUT2D eigenvalue weighted by Gasteiger charge is -2.14. The van der Waals surface area contributed by atoms with Crippen LogP contribution in [0.2, 0.25) is 0 Å². The molecule has 0 aliphatic rings. The van der Waals surface area contributed by atoms with Gasteiger partial charge in [-0.25, -0.2) is 4.79 Å². The highest BCUT2D eigenvalue weighted by Crippen LogP contribution is 2.24. The molecule has 112 valence electrons. The van der Waals surface area contributed by atoms with E-state index in [1.807, 2.05) is 31.2 Å². The largest absolute Gasteiger partial charge is 0.488 e. The molecule has 0 radical (unpaired) electrons. The minimum atomic E-state index is -1.00. The van der Waals surface area contributed by atoms with Gasteiger partial charge in [-0.2, -0.15) is 5.10 Å². The highest BCUT2D eigenvalue weighted by Gasteiger charge is 2.13. The van der Waals surface area contributed by atoms with Crippen LogP contribution in [-0.2, 0) is 11.8 Å². The van der Waals surface area contributed by atoms with Gasteiger partial charge in [0.1, 0.15) is 17.5 Å². The van der Waals surface area contributed by atoms with Gasteiger partial charge >= 0.3 is 5.97 Å². The summed E-state index contributed by atoms with van der Waals surface area (Å²) in [5.74, 6) is -0.308. The Balaban J connectivity index is 2.24. The molecule has 1 aromatic heterocycles. The van der Waals surface area contributed by atoms with Crippen LogP contribution in [0.1, 0.15) is 17.4 Å². The van der Waals surface area contributed by atoms with Crippen LogP contribution in [0.15, 0.2) is 30.3 Å². The summed E-state index contributed by atoms with van der Waals surface area (Å²) in [5, 5.41) is 13.3. The molecule has 0 saturated carbocycles. The molecule has 0 spiro atoms. The van der Waals surface area contributed by atoms with E-state index in [2.05, 4.69) is 5.10 Å². The number of carbonyl (C=O) groups is 1. The van der Waals surface area contributed by atoms with Gasteiger partial charge in [-0.3, -0.25) is 4.68 Å². The molecule has 1 N–H and O–H groups in total. The first-order valence-corrected chi connectivity index (χ1v) is 6.54. The van der Waals surface area contributed by atoms with Gasteiger partial charge < -0.3 is 14.6 Å². The summed E-state index contributed by atoms with van der Waals surface area (Å²) in [6.07, 6.45) is -0.0661. The average Bonchev–Trinajstić information content (AvgIpc) is 2.81. The first-order valence-electron chi connectivity index (χ1n) is 6.54. The lowest BCUT2D eigenvalue weighted by Crippen LogP contribution is -2.17. The van der Waals surface area contributed by atoms with Crippen molar-refractivity contribution in [1.82, 2.24) is 9.78 Å². The van der Waals surface area contributed by atoms with Crippen LogP contribution < -0.4 is 4.74 Å². The Kier molecular flexibility index (Phi) is 4.59. The number of hydrogen-bond acceptors (Lipinski definition) is 4. The summed E-state index contributed by atoms with van der Waals surface area (Å²) in [6.45, 7) is 2.41. The van der Waals surface area contributed by atoms with Gasteiger partial charge in [0.05, 0.1) is 12.3 Å². The Bertz CT molecular complexity index is 636. The summed E-state index contributed by atoms with van der Waals surface area (Å²) in [7, 11) is 3.23. The van der Waals surface area contributed by atoms with Crippen molar-refractivity contribution in [3.05, 3.63) is 36.0 Å². The Hall–Kier alpha value is -2.34. The zero-order chi connectivity index (χ0) is 15.4. The Morgan fingerprint density at radius 1 is 1.43 bits per heavy atom. The number of methoxy groups -OCH3 is 1. The first-order chi connectivity index (χ1) is 10.0. The molecule has 0 amide bonds. The van der Waals surface area contributed by atoms with Crippen LogP contribution in [-0.4, -0.2) is 40.7 Å². The smallest absolute Gasteiger partial charge is 0.354 e. The summed E-state index contributed by atoms with van der Waals surface area (Å²) in [5.41, 5.74) is 1.55. The third-order valence-electron chi connectivity index (χ3n) is 2.97. The van der Waals surface area contributed by atoms with Gasteiger partial charge in [-0.05, 0) is 25.1 Å². The number of ether oxygens (including phenoxy) is 2. The summed E-state index contributed by atoms with van der Waals surface area (Å²) in [4.78, 5) is 11.1. The first kappa shape index (κ1) is 15.1. The average molecular weight is 290 g/mol. The second-order valence-corrected chi connectivity index (χ2v) is 4.76. The molecule has 0 saturated heterocycles. The Morgan fingerprint density at radius 3 is 2.81 bits per heavy atom. The molecular weight excluding hydrogens is 272 g/mol. The van der Waals surface area contributed by atoms with E-state index in [1.165, 1.54) is 4.68 Å². The topological polar surface area (TPSA) is 73.6 Å². The van der Waals surface area contributed by atoms with Crippen molar-refractivity contribution >= 4 is 5.97 Å². The van der Waals surface area contributed by atoms with Crippen LogP contribution in [0.25, 0.3) is 11.3 Å². The fourth-order valence-electron chi connectivity index (χ4n) is 2.04. The van der Waals surface area contributed by atoms with Crippen molar-refractivity contribution < 1.29 is 19.4 Å². The predicted molar refractivity (Wildman–Crippen MR) is 77.6 cm³/mol. The summed E-state index contributed by atoms with van der Waals surface area (Å²) in [6, 6.07) is 8.93. The van der Waals surface area contributed by atoms with E-state index in [0.29, 0.717) is 18.1 Å². The van der Waals surface area contributed by atoms with E-state index < -0.39 is 5.97 Å². The number of aromatic nitrogens is 2. The van der Waals surface area contributed by atoms with E-state index in [0.717, 1.165) is 5.56 Å². The highest BCUT2D eigenvalue weighted by molar-refractivity contribution is 5.87. The maximum absolute atomic E-state index is 11.1. The number of aryl methyl sites for hydroxylation is 1. The van der Waals surface area contributed by atoms with E-state index in [9.17, 15) is 4.79 Å². The molecule has 1 unspecified atom stereocenters. The zero-order valence-corrected chi connectivity index (χ0v) is 12.2. The molecule has 1 aromatic carbocycles. The molecule has 0 aliphatic heterocycles. The van der Waals surface area contributed by atoms with Gasteiger partial charge in [0.15, 0.2) is 0 Å². The number of benzene rings is 1. The van der Waals surface area contributed by atoms with Crippen molar-refractivity contribution in [1.29, 1.82) is 0 Å². The quantitative estimate of drug-likeness (QED) is 0.883. The molecule has 0 aliphatic carbocycles. The number of hydrogen-bond donors (Lipinski definition) is 1. The molecule has 1 heterocycles. The third kappa shape index (κ3) is 3.61. The lowest BCUT2D eigenvalue weighted by molar-refractivity contribution is 0.0685. The molecule has 21 heavy (non-hydrogen) atoms. The van der Waals surface area contributed by atoms with Crippen LogP contribution in [0.4, 0.5) is 0 Å². The highest BCUT2D eigenvalue weighted by atomic mass is 16.5. The number of nitrogens with zero attached hydrogens (tertiary/aromatic N) is 2. The molecular formula is C15H18N2O4. The minimum Gasteiger partial charge on any atom is -0.488 e. The molecule has 0 bridgehead atoms. The maximum Gasteiger partial charge on any atom is 0.354 e. The normalized spacial score (nSPS) is 12.1. The van der Waals surface area contributed by atoms with Crippen molar-refractivity contribution in [2.24, 2.45) is 7.05 Å². The lowest BCUT2D eigenvalue weighted by atomic mass is 10.1. The number of rotatable bonds is 6. The van der Waals surface area contributed by atoms with Crippen molar-refractivity contribution in [2.75, 3.05) is 13.7 Å². The maximum atomic E-state index is 11.1. The second-order valence-electron chi connectivity index (χ2n) is 4.76. The van der Waals surface area contributed by atoms with E-state index in [-0.39, 0.29) is 11.8 Å². The predicted octanol–water partition coefficient (Wildman–Crippen LogP) is 2.20. The molecule has 6 heteroatoms. The molecule has 1 atom stereocenters. The Morgan fingerprint density at radius 2 is 2.19 bits per heavy atom.